The smallest absolute Gasteiger partial charge is 0.243 e. The van der Waals surface area contributed by atoms with Gasteiger partial charge in [0.1, 0.15) is 12.4 Å². The Hall–Kier alpha value is -2.67. The maximum Gasteiger partial charge on any atom is 0.243 e. The van der Waals surface area contributed by atoms with E-state index in [1.165, 1.54) is 0 Å². The largest absolute Gasteiger partial charge is 0.394 e. The average Bonchev–Trinajstić information content (AvgIpc) is 3.14. The minimum absolute atomic E-state index is 0.0494. The summed E-state index contributed by atoms with van der Waals surface area (Å²) >= 11 is 0. The van der Waals surface area contributed by atoms with E-state index in [-0.39, 0.29) is 12.5 Å². The zero-order chi connectivity index (χ0) is 17.7. The number of aliphatic hydroxyl groups excluding tert-OH is 1. The second-order valence-electron chi connectivity index (χ2n) is 7.13. The number of nitrogens with zero attached hydrogens (tertiary/aromatic N) is 5. The summed E-state index contributed by atoms with van der Waals surface area (Å²) in [5.74, 6) is 1.63. The van der Waals surface area contributed by atoms with Crippen LogP contribution in [0.5, 0.6) is 0 Å². The average molecular weight is 351 g/mol. The molecular formula is C19H21N5O2. The van der Waals surface area contributed by atoms with Crippen molar-refractivity contribution in [1.29, 1.82) is 0 Å². The van der Waals surface area contributed by atoms with Crippen LogP contribution in [0.4, 0.5) is 0 Å². The molecule has 1 fully saturated rings. The number of carbonyl (C=O) groups is 1. The maximum absolute atomic E-state index is 13.0. The molecular weight excluding hydrogens is 330 g/mol. The van der Waals surface area contributed by atoms with Crippen LogP contribution in [-0.2, 0) is 31.0 Å². The van der Waals surface area contributed by atoms with E-state index in [9.17, 15) is 4.79 Å². The molecule has 1 aromatic carbocycles. The molecule has 134 valence electrons. The van der Waals surface area contributed by atoms with E-state index in [2.05, 4.69) is 9.67 Å². The summed E-state index contributed by atoms with van der Waals surface area (Å²) in [7, 11) is 0. The Morgan fingerprint density at radius 1 is 1.23 bits per heavy atom. The first kappa shape index (κ1) is 15.6. The molecule has 7 heteroatoms. The fourth-order valence-corrected chi connectivity index (χ4v) is 3.82. The van der Waals surface area contributed by atoms with Crippen molar-refractivity contribution in [2.75, 3.05) is 6.61 Å². The molecule has 0 spiro atoms. The van der Waals surface area contributed by atoms with Crippen LogP contribution in [0.3, 0.4) is 0 Å². The molecule has 3 heterocycles. The highest BCUT2D eigenvalue weighted by Gasteiger charge is 2.32. The molecule has 1 aliphatic carbocycles. The van der Waals surface area contributed by atoms with Gasteiger partial charge in [-0.2, -0.15) is 5.10 Å². The fourth-order valence-electron chi connectivity index (χ4n) is 3.82. The number of rotatable bonds is 5. The Kier molecular flexibility index (Phi) is 3.56. The first-order valence-corrected chi connectivity index (χ1v) is 9.12. The van der Waals surface area contributed by atoms with Gasteiger partial charge >= 0.3 is 0 Å². The Morgan fingerprint density at radius 3 is 2.88 bits per heavy atom. The first-order chi connectivity index (χ1) is 12.7. The van der Waals surface area contributed by atoms with Crippen LogP contribution in [0.25, 0.3) is 11.0 Å². The third-order valence-corrected chi connectivity index (χ3v) is 5.32. The van der Waals surface area contributed by atoms with Crippen molar-refractivity contribution >= 4 is 16.9 Å². The van der Waals surface area contributed by atoms with E-state index >= 15 is 0 Å². The van der Waals surface area contributed by atoms with Crippen LogP contribution in [0.2, 0.25) is 0 Å². The summed E-state index contributed by atoms with van der Waals surface area (Å²) in [6.45, 7) is 1.98. The van der Waals surface area contributed by atoms with Gasteiger partial charge in [0.25, 0.3) is 0 Å². The summed E-state index contributed by atoms with van der Waals surface area (Å²) in [5, 5.41) is 13.4. The minimum Gasteiger partial charge on any atom is -0.394 e. The van der Waals surface area contributed by atoms with Crippen LogP contribution < -0.4 is 0 Å². The predicted octanol–water partition coefficient (Wildman–Crippen LogP) is 1.64. The summed E-state index contributed by atoms with van der Waals surface area (Å²) in [4.78, 5) is 19.6. The van der Waals surface area contributed by atoms with Gasteiger partial charge in [0.15, 0.2) is 0 Å². The Labute approximate surface area is 150 Å². The SMILES string of the molecule is O=C(Cn1c(C2CC2)nc2ccccc21)N1Cc2cnn(CCO)c2C1. The van der Waals surface area contributed by atoms with Crippen LogP contribution in [-0.4, -0.2) is 41.9 Å². The number of aromatic nitrogens is 4. The number of hydrogen-bond acceptors (Lipinski definition) is 4. The molecule has 0 saturated heterocycles. The lowest BCUT2D eigenvalue weighted by Gasteiger charge is -2.18. The van der Waals surface area contributed by atoms with Crippen molar-refractivity contribution in [2.24, 2.45) is 0 Å². The van der Waals surface area contributed by atoms with E-state index in [1.807, 2.05) is 29.2 Å². The molecule has 2 aliphatic rings. The molecule has 1 saturated carbocycles. The van der Waals surface area contributed by atoms with Gasteiger partial charge in [-0.25, -0.2) is 4.98 Å². The zero-order valence-corrected chi connectivity index (χ0v) is 14.5. The molecule has 1 amide bonds. The van der Waals surface area contributed by atoms with Crippen molar-refractivity contribution in [3.63, 3.8) is 0 Å². The van der Waals surface area contributed by atoms with E-state index in [4.69, 9.17) is 10.1 Å². The molecule has 5 rings (SSSR count). The van der Waals surface area contributed by atoms with Gasteiger partial charge in [-0.15, -0.1) is 0 Å². The number of aliphatic hydroxyl groups is 1. The van der Waals surface area contributed by atoms with Gasteiger partial charge < -0.3 is 14.6 Å². The van der Waals surface area contributed by atoms with E-state index < -0.39 is 0 Å². The molecule has 7 nitrogen and oxygen atoms in total. The van der Waals surface area contributed by atoms with Crippen LogP contribution in [0.1, 0.15) is 35.8 Å². The molecule has 1 N–H and O–H groups in total. The molecule has 2 aromatic heterocycles. The number of para-hydroxylation sites is 2. The fraction of sp³-hybridized carbons (Fsp3) is 0.421. The van der Waals surface area contributed by atoms with Gasteiger partial charge in [-0.05, 0) is 25.0 Å². The number of amides is 1. The van der Waals surface area contributed by atoms with Crippen molar-refractivity contribution < 1.29 is 9.90 Å². The zero-order valence-electron chi connectivity index (χ0n) is 14.5. The predicted molar refractivity (Wildman–Crippen MR) is 95.3 cm³/mol. The number of hydrogen-bond donors (Lipinski definition) is 1. The third kappa shape index (κ3) is 2.50. The molecule has 3 aromatic rings. The van der Waals surface area contributed by atoms with Crippen LogP contribution in [0.15, 0.2) is 30.5 Å². The lowest BCUT2D eigenvalue weighted by atomic mass is 10.3. The Bertz CT molecular complexity index is 985. The first-order valence-electron chi connectivity index (χ1n) is 9.12. The molecule has 0 unspecified atom stereocenters. The highest BCUT2D eigenvalue weighted by molar-refractivity contribution is 5.81. The van der Waals surface area contributed by atoms with Gasteiger partial charge in [0.2, 0.25) is 5.91 Å². The van der Waals surface area contributed by atoms with Crippen molar-refractivity contribution in [3.8, 4) is 0 Å². The van der Waals surface area contributed by atoms with Gasteiger partial charge in [0, 0.05) is 18.0 Å². The molecule has 26 heavy (non-hydrogen) atoms. The van der Waals surface area contributed by atoms with E-state index in [0.717, 1.165) is 41.0 Å². The number of fused-ring (bicyclic) bond motifs is 2. The lowest BCUT2D eigenvalue weighted by Crippen LogP contribution is -2.30. The number of imidazole rings is 1. The highest BCUT2D eigenvalue weighted by atomic mass is 16.3. The standard InChI is InChI=1S/C19H21N5O2/c25-8-7-24-17-11-22(10-14(17)9-20-24)18(26)12-23-16-4-2-1-3-15(16)21-19(23)13-5-6-13/h1-4,9,13,25H,5-8,10-12H2. The Morgan fingerprint density at radius 2 is 2.08 bits per heavy atom. The third-order valence-electron chi connectivity index (χ3n) is 5.32. The monoisotopic (exact) mass is 351 g/mol. The maximum atomic E-state index is 13.0. The molecule has 0 bridgehead atoms. The summed E-state index contributed by atoms with van der Waals surface area (Å²) in [6, 6.07) is 8.04. The summed E-state index contributed by atoms with van der Waals surface area (Å²) in [5.41, 5.74) is 4.10. The number of benzene rings is 1. The minimum atomic E-state index is 0.0494. The summed E-state index contributed by atoms with van der Waals surface area (Å²) in [6.07, 6.45) is 4.12. The van der Waals surface area contributed by atoms with Gasteiger partial charge in [0.05, 0.1) is 42.6 Å². The van der Waals surface area contributed by atoms with Crippen molar-refractivity contribution in [1.82, 2.24) is 24.2 Å². The normalized spacial score (nSPS) is 16.4. The lowest BCUT2D eigenvalue weighted by molar-refractivity contribution is -0.132. The van der Waals surface area contributed by atoms with Crippen LogP contribution in [0, 0.1) is 0 Å². The molecule has 0 atom stereocenters. The van der Waals surface area contributed by atoms with Gasteiger partial charge in [-0.3, -0.25) is 9.48 Å². The highest BCUT2D eigenvalue weighted by Crippen LogP contribution is 2.40. The van der Waals surface area contributed by atoms with E-state index in [0.29, 0.717) is 32.1 Å². The second-order valence-corrected chi connectivity index (χ2v) is 7.13. The molecule has 1 aliphatic heterocycles. The number of carbonyl (C=O) groups excluding carboxylic acids is 1. The van der Waals surface area contributed by atoms with Crippen molar-refractivity contribution in [3.05, 3.63) is 47.5 Å². The Balaban J connectivity index is 1.40. The van der Waals surface area contributed by atoms with Gasteiger partial charge in [-0.1, -0.05) is 12.1 Å². The summed E-state index contributed by atoms with van der Waals surface area (Å²) < 4.78 is 3.89. The van der Waals surface area contributed by atoms with E-state index in [1.54, 1.807) is 10.9 Å². The topological polar surface area (TPSA) is 76.2 Å². The molecule has 0 radical (unpaired) electrons. The quantitative estimate of drug-likeness (QED) is 0.758. The van der Waals surface area contributed by atoms with Crippen molar-refractivity contribution in [2.45, 2.75) is 44.9 Å². The second kappa shape index (κ2) is 5.95. The van der Waals surface area contributed by atoms with Crippen LogP contribution >= 0.6 is 0 Å².